The third kappa shape index (κ3) is 2.51. The first kappa shape index (κ1) is 11.6. The van der Waals surface area contributed by atoms with Gasteiger partial charge in [-0.15, -0.1) is 0 Å². The van der Waals surface area contributed by atoms with E-state index in [9.17, 15) is 5.11 Å². The molecule has 0 heterocycles. The summed E-state index contributed by atoms with van der Waals surface area (Å²) in [6.45, 7) is 0.392. The zero-order valence-electron chi connectivity index (χ0n) is 9.03. The topological polar surface area (TPSA) is 60.0 Å². The summed E-state index contributed by atoms with van der Waals surface area (Å²) in [5.41, 5.74) is 3.31. The monoisotopic (exact) mass is 213 g/mol. The predicted octanol–water partition coefficient (Wildman–Crippen LogP) is 1.06. The summed E-state index contributed by atoms with van der Waals surface area (Å²) in [6.07, 6.45) is 0. The number of hydroxylamine groups is 1. The van der Waals surface area contributed by atoms with Gasteiger partial charge in [0.2, 0.25) is 5.75 Å². The molecule has 5 heteroatoms. The van der Waals surface area contributed by atoms with E-state index in [1.54, 1.807) is 12.1 Å². The molecular weight excluding hydrogens is 198 g/mol. The van der Waals surface area contributed by atoms with Gasteiger partial charge in [-0.05, 0) is 12.1 Å². The summed E-state index contributed by atoms with van der Waals surface area (Å²) in [5, 5.41) is 9.83. The van der Waals surface area contributed by atoms with Crippen LogP contribution in [0.4, 0.5) is 0 Å². The van der Waals surface area contributed by atoms with Crippen LogP contribution >= 0.6 is 0 Å². The lowest BCUT2D eigenvalue weighted by Crippen LogP contribution is -2.11. The van der Waals surface area contributed by atoms with Crippen molar-refractivity contribution in [3.05, 3.63) is 17.7 Å². The minimum absolute atomic E-state index is 0.0569. The van der Waals surface area contributed by atoms with Gasteiger partial charge in [-0.3, -0.25) is 0 Å². The number of hydrogen-bond donors (Lipinski definition) is 2. The molecule has 0 bridgehead atoms. The van der Waals surface area contributed by atoms with Crippen molar-refractivity contribution in [2.24, 2.45) is 0 Å². The Morgan fingerprint density at radius 3 is 2.47 bits per heavy atom. The van der Waals surface area contributed by atoms with Gasteiger partial charge in [-0.25, -0.2) is 0 Å². The number of aromatic hydroxyl groups is 1. The van der Waals surface area contributed by atoms with Gasteiger partial charge in [0.1, 0.15) is 0 Å². The Morgan fingerprint density at radius 2 is 1.93 bits per heavy atom. The molecule has 0 saturated carbocycles. The number of benzene rings is 1. The van der Waals surface area contributed by atoms with Gasteiger partial charge in [-0.1, -0.05) is 0 Å². The van der Waals surface area contributed by atoms with Crippen LogP contribution in [0.3, 0.4) is 0 Å². The predicted molar refractivity (Wildman–Crippen MR) is 55.1 cm³/mol. The summed E-state index contributed by atoms with van der Waals surface area (Å²) in [6, 6.07) is 3.47. The quantitative estimate of drug-likeness (QED) is 0.716. The number of hydrogen-bond acceptors (Lipinski definition) is 5. The zero-order chi connectivity index (χ0) is 11.3. The molecule has 0 amide bonds. The Hall–Kier alpha value is -1.46. The Balaban J connectivity index is 3.00. The second kappa shape index (κ2) is 5.43. The smallest absolute Gasteiger partial charge is 0.203 e. The van der Waals surface area contributed by atoms with Crippen molar-refractivity contribution in [2.75, 3.05) is 21.3 Å². The van der Waals surface area contributed by atoms with Gasteiger partial charge >= 0.3 is 0 Å². The highest BCUT2D eigenvalue weighted by Crippen LogP contribution is 2.38. The van der Waals surface area contributed by atoms with Crippen LogP contribution in [-0.4, -0.2) is 26.4 Å². The van der Waals surface area contributed by atoms with Gasteiger partial charge in [0.15, 0.2) is 11.5 Å². The van der Waals surface area contributed by atoms with Crippen molar-refractivity contribution in [2.45, 2.75) is 6.54 Å². The van der Waals surface area contributed by atoms with Crippen molar-refractivity contribution >= 4 is 0 Å². The summed E-state index contributed by atoms with van der Waals surface area (Å²) >= 11 is 0. The van der Waals surface area contributed by atoms with Gasteiger partial charge < -0.3 is 19.4 Å². The number of phenolic OH excluding ortho intramolecular Hbond substituents is 1. The molecule has 2 N–H and O–H groups in total. The Morgan fingerprint density at radius 1 is 1.20 bits per heavy atom. The Bertz CT molecular complexity index is 327. The van der Waals surface area contributed by atoms with E-state index in [1.807, 2.05) is 0 Å². The van der Waals surface area contributed by atoms with Crippen LogP contribution in [0.15, 0.2) is 12.1 Å². The summed E-state index contributed by atoms with van der Waals surface area (Å²) in [5.74, 6) is 0.880. The largest absolute Gasteiger partial charge is 0.504 e. The van der Waals surface area contributed by atoms with Crippen LogP contribution in [0.2, 0.25) is 0 Å². The Labute approximate surface area is 88.5 Å². The molecule has 0 aliphatic carbocycles. The highest BCUT2D eigenvalue weighted by molar-refractivity contribution is 5.54. The van der Waals surface area contributed by atoms with Gasteiger partial charge in [0.05, 0.1) is 21.3 Å². The third-order valence-corrected chi connectivity index (χ3v) is 2.01. The molecule has 84 valence electrons. The lowest BCUT2D eigenvalue weighted by atomic mass is 10.1. The summed E-state index contributed by atoms with van der Waals surface area (Å²) in [7, 11) is 4.51. The summed E-state index contributed by atoms with van der Waals surface area (Å²) < 4.78 is 10.1. The van der Waals surface area contributed by atoms with E-state index in [2.05, 4.69) is 5.48 Å². The first-order valence-corrected chi connectivity index (χ1v) is 4.43. The average molecular weight is 213 g/mol. The van der Waals surface area contributed by atoms with E-state index in [4.69, 9.17) is 14.3 Å². The van der Waals surface area contributed by atoms with E-state index in [0.717, 1.165) is 0 Å². The van der Waals surface area contributed by atoms with Crippen molar-refractivity contribution in [3.8, 4) is 17.2 Å². The molecule has 0 aliphatic heterocycles. The summed E-state index contributed by atoms with van der Waals surface area (Å²) in [4.78, 5) is 4.70. The second-order valence-electron chi connectivity index (χ2n) is 2.83. The fourth-order valence-corrected chi connectivity index (χ4v) is 1.24. The van der Waals surface area contributed by atoms with Crippen molar-refractivity contribution in [1.82, 2.24) is 5.48 Å². The van der Waals surface area contributed by atoms with Gasteiger partial charge in [0, 0.05) is 12.1 Å². The number of methoxy groups -OCH3 is 2. The maximum absolute atomic E-state index is 9.83. The molecule has 0 radical (unpaired) electrons. The molecule has 0 spiro atoms. The molecule has 0 aliphatic rings. The van der Waals surface area contributed by atoms with Gasteiger partial charge in [-0.2, -0.15) is 5.48 Å². The normalized spacial score (nSPS) is 10.1. The number of nitrogens with one attached hydrogen (secondary N) is 1. The first-order valence-electron chi connectivity index (χ1n) is 4.43. The standard InChI is InChI=1S/C10H15NO4/c1-13-8-5-4-7(6-11-15-3)9(12)10(8)14-2/h4-5,11-12H,6H2,1-3H3. The minimum atomic E-state index is 0.0569. The molecule has 0 aromatic heterocycles. The lowest BCUT2D eigenvalue weighted by Gasteiger charge is -2.12. The minimum Gasteiger partial charge on any atom is -0.504 e. The molecule has 15 heavy (non-hydrogen) atoms. The molecule has 1 aromatic rings. The van der Waals surface area contributed by atoms with E-state index in [0.29, 0.717) is 23.6 Å². The van der Waals surface area contributed by atoms with E-state index >= 15 is 0 Å². The molecule has 5 nitrogen and oxygen atoms in total. The van der Waals surface area contributed by atoms with E-state index in [1.165, 1.54) is 21.3 Å². The zero-order valence-corrected chi connectivity index (χ0v) is 9.03. The van der Waals surface area contributed by atoms with Crippen molar-refractivity contribution in [1.29, 1.82) is 0 Å². The van der Waals surface area contributed by atoms with E-state index < -0.39 is 0 Å². The third-order valence-electron chi connectivity index (χ3n) is 2.01. The molecule has 1 rings (SSSR count). The number of phenols is 1. The highest BCUT2D eigenvalue weighted by Gasteiger charge is 2.13. The van der Waals surface area contributed by atoms with Crippen LogP contribution in [0, 0.1) is 0 Å². The molecule has 0 unspecified atom stereocenters. The highest BCUT2D eigenvalue weighted by atomic mass is 16.6. The van der Waals surface area contributed by atoms with Gasteiger partial charge in [0.25, 0.3) is 0 Å². The van der Waals surface area contributed by atoms with Crippen molar-refractivity contribution in [3.63, 3.8) is 0 Å². The molecular formula is C10H15NO4. The molecule has 1 aromatic carbocycles. The lowest BCUT2D eigenvalue weighted by molar-refractivity contribution is 0.0860. The second-order valence-corrected chi connectivity index (χ2v) is 2.83. The maximum Gasteiger partial charge on any atom is 0.203 e. The maximum atomic E-state index is 9.83. The number of rotatable bonds is 5. The molecule has 0 fully saturated rings. The SMILES string of the molecule is CONCc1ccc(OC)c(OC)c1O. The van der Waals surface area contributed by atoms with Crippen LogP contribution in [0.25, 0.3) is 0 Å². The Kier molecular flexibility index (Phi) is 4.20. The fourth-order valence-electron chi connectivity index (χ4n) is 1.24. The molecule has 0 saturated heterocycles. The van der Waals surface area contributed by atoms with E-state index in [-0.39, 0.29) is 5.75 Å². The van der Waals surface area contributed by atoms with Crippen LogP contribution in [0.5, 0.6) is 17.2 Å². The average Bonchev–Trinajstić information content (AvgIpc) is 2.27. The van der Waals surface area contributed by atoms with Crippen LogP contribution in [0.1, 0.15) is 5.56 Å². The fraction of sp³-hybridized carbons (Fsp3) is 0.400. The number of ether oxygens (including phenoxy) is 2. The van der Waals surface area contributed by atoms with Crippen LogP contribution in [-0.2, 0) is 11.4 Å². The van der Waals surface area contributed by atoms with Crippen molar-refractivity contribution < 1.29 is 19.4 Å². The molecule has 0 atom stereocenters. The van der Waals surface area contributed by atoms with Crippen LogP contribution < -0.4 is 15.0 Å². The first-order chi connectivity index (χ1) is 7.24.